The Bertz CT molecular complexity index is 1070. The lowest BCUT2D eigenvalue weighted by atomic mass is 10.1. The summed E-state index contributed by atoms with van der Waals surface area (Å²) in [5, 5.41) is 11.7. The Hall–Kier alpha value is -3.01. The van der Waals surface area contributed by atoms with Gasteiger partial charge in [0.15, 0.2) is 12.4 Å². The normalized spacial score (nSPS) is 13.6. The molecule has 0 spiro atoms. The predicted octanol–water partition coefficient (Wildman–Crippen LogP) is 9.27. The number of carbonyl (C=O) groups is 3. The second kappa shape index (κ2) is 36.9. The Morgan fingerprint density at radius 3 is 1.65 bits per heavy atom. The van der Waals surface area contributed by atoms with Gasteiger partial charge in [-0.3, -0.25) is 9.59 Å². The molecule has 0 N–H and O–H groups in total. The van der Waals surface area contributed by atoms with Crippen molar-refractivity contribution in [2.75, 3.05) is 47.5 Å². The van der Waals surface area contributed by atoms with Crippen molar-refractivity contribution >= 4 is 17.9 Å². The molecule has 2 atom stereocenters. The van der Waals surface area contributed by atoms with Crippen molar-refractivity contribution in [1.29, 1.82) is 0 Å². The molecule has 9 heteroatoms. The van der Waals surface area contributed by atoms with Crippen LogP contribution in [0.15, 0.2) is 60.8 Å². The minimum absolute atomic E-state index is 0.123. The molecule has 0 aliphatic carbocycles. The number of quaternary nitrogens is 1. The van der Waals surface area contributed by atoms with Crippen LogP contribution in [0, 0.1) is 0 Å². The van der Waals surface area contributed by atoms with Crippen molar-refractivity contribution in [1.82, 2.24) is 0 Å². The highest BCUT2D eigenvalue weighted by Gasteiger charge is 2.21. The van der Waals surface area contributed by atoms with E-state index in [1.54, 1.807) is 0 Å². The number of rotatable bonds is 37. The number of ether oxygens (including phenoxy) is 4. The first kappa shape index (κ1) is 51.0. The molecule has 0 fully saturated rings. The summed E-state index contributed by atoms with van der Waals surface area (Å²) in [6, 6.07) is 0. The first-order valence-corrected chi connectivity index (χ1v) is 20.9. The second-order valence-electron chi connectivity index (χ2n) is 14.9. The number of unbranched alkanes of at least 4 members (excludes halogenated alkanes) is 12. The summed E-state index contributed by atoms with van der Waals surface area (Å²) in [5.41, 5.74) is 0. The summed E-state index contributed by atoms with van der Waals surface area (Å²) in [7, 11) is 5.87. The molecule has 0 bridgehead atoms. The molecule has 0 aliphatic rings. The summed E-state index contributed by atoms with van der Waals surface area (Å²) >= 11 is 0. The molecule has 0 aromatic rings. The number of nitrogens with zero attached hydrogens (tertiary/aromatic N) is 1. The number of likely N-dealkylation sites (N-methyl/N-ethyl adjacent to an activating group) is 1. The molecule has 0 aromatic carbocycles. The third-order valence-corrected chi connectivity index (χ3v) is 8.51. The Morgan fingerprint density at radius 2 is 1.09 bits per heavy atom. The van der Waals surface area contributed by atoms with E-state index in [0.717, 1.165) is 64.2 Å². The highest BCUT2D eigenvalue weighted by molar-refractivity contribution is 5.70. The Balaban J connectivity index is 4.58. The number of allylic oxidation sites excluding steroid dienone is 10. The average Bonchev–Trinajstić information content (AvgIpc) is 3.12. The second-order valence-corrected chi connectivity index (χ2v) is 14.9. The van der Waals surface area contributed by atoms with Gasteiger partial charge in [0.25, 0.3) is 0 Å². The van der Waals surface area contributed by atoms with Gasteiger partial charge in [0.2, 0.25) is 0 Å². The standard InChI is InChI=1S/C45H77NO8/c1-6-8-10-12-14-16-18-20-21-22-24-25-27-29-31-33-35-42(47)52-39-41(40-53-45(44(49)50)51-38-37-46(3,4)5)54-43(48)36-34-32-30-28-26-23-19-17-15-13-11-9-7-2/h9,11,15,17,21-23,26,30,32,41,45H,6-8,10,12-14,16,18-20,24-25,27-29,31,33-40H2,1-5H3/b11-9-,17-15-,22-21-,26-23-,32-30-. The van der Waals surface area contributed by atoms with Crippen LogP contribution in [0.3, 0.4) is 0 Å². The quantitative estimate of drug-likeness (QED) is 0.0203. The van der Waals surface area contributed by atoms with E-state index in [1.165, 1.54) is 51.4 Å². The van der Waals surface area contributed by atoms with E-state index >= 15 is 0 Å². The molecule has 0 saturated carbocycles. The predicted molar refractivity (Wildman–Crippen MR) is 218 cm³/mol. The number of aliphatic carboxylic acids is 1. The summed E-state index contributed by atoms with van der Waals surface area (Å²) < 4.78 is 22.4. The molecular weight excluding hydrogens is 682 g/mol. The maximum absolute atomic E-state index is 12.7. The number of hydrogen-bond donors (Lipinski definition) is 0. The van der Waals surface area contributed by atoms with Gasteiger partial charge in [-0.2, -0.15) is 0 Å². The number of carboxylic acid groups (broad SMARTS) is 1. The van der Waals surface area contributed by atoms with E-state index < -0.39 is 24.3 Å². The topological polar surface area (TPSA) is 111 Å². The Labute approximate surface area is 329 Å². The van der Waals surface area contributed by atoms with Crippen LogP contribution in [0.4, 0.5) is 0 Å². The van der Waals surface area contributed by atoms with Crippen LogP contribution in [0.5, 0.6) is 0 Å². The summed E-state index contributed by atoms with van der Waals surface area (Å²) in [4.78, 5) is 36.8. The van der Waals surface area contributed by atoms with E-state index in [4.69, 9.17) is 18.9 Å². The summed E-state index contributed by atoms with van der Waals surface area (Å²) in [6.07, 6.45) is 39.9. The smallest absolute Gasteiger partial charge is 0.306 e. The number of carbonyl (C=O) groups excluding carboxylic acids is 3. The fourth-order valence-corrected chi connectivity index (χ4v) is 5.25. The first-order chi connectivity index (χ1) is 26.1. The molecule has 9 nitrogen and oxygen atoms in total. The van der Waals surface area contributed by atoms with E-state index in [-0.39, 0.29) is 38.6 Å². The Morgan fingerprint density at radius 1 is 0.574 bits per heavy atom. The van der Waals surface area contributed by atoms with Crippen molar-refractivity contribution in [2.45, 2.75) is 161 Å². The average molecular weight is 760 g/mol. The lowest BCUT2D eigenvalue weighted by Gasteiger charge is -2.26. The molecule has 0 aliphatic heterocycles. The molecule has 0 amide bonds. The van der Waals surface area contributed by atoms with Crippen LogP contribution in [0.2, 0.25) is 0 Å². The van der Waals surface area contributed by atoms with E-state index in [0.29, 0.717) is 17.4 Å². The van der Waals surface area contributed by atoms with Gasteiger partial charge in [-0.15, -0.1) is 0 Å². The van der Waals surface area contributed by atoms with Gasteiger partial charge < -0.3 is 33.3 Å². The van der Waals surface area contributed by atoms with Gasteiger partial charge in [0.05, 0.1) is 40.3 Å². The van der Waals surface area contributed by atoms with Crippen molar-refractivity contribution < 1.29 is 42.9 Å². The maximum Gasteiger partial charge on any atom is 0.306 e. The highest BCUT2D eigenvalue weighted by Crippen LogP contribution is 2.12. The fourth-order valence-electron chi connectivity index (χ4n) is 5.25. The number of carboxylic acids is 1. The minimum atomic E-state index is -1.64. The molecule has 310 valence electrons. The molecule has 0 saturated heterocycles. The van der Waals surface area contributed by atoms with Gasteiger partial charge in [0.1, 0.15) is 13.2 Å². The molecule has 0 heterocycles. The lowest BCUT2D eigenvalue weighted by Crippen LogP contribution is -2.44. The van der Waals surface area contributed by atoms with Gasteiger partial charge in [-0.1, -0.05) is 132 Å². The lowest BCUT2D eigenvalue weighted by molar-refractivity contribution is -0.870. The summed E-state index contributed by atoms with van der Waals surface area (Å²) in [6.45, 7) is 4.50. The van der Waals surface area contributed by atoms with E-state index in [9.17, 15) is 19.5 Å². The maximum atomic E-state index is 12.7. The SMILES string of the molecule is CC/C=C\C/C=C\C/C=C\C/C=C\CCC(=O)OC(COC(=O)CCCCCCC/C=C\CCCCCCCCC)COC(OCC[N+](C)(C)C)C(=O)[O-]. The zero-order chi connectivity index (χ0) is 40.0. The van der Waals surface area contributed by atoms with Crippen LogP contribution in [-0.4, -0.2) is 82.3 Å². The van der Waals surface area contributed by atoms with Crippen molar-refractivity contribution in [3.05, 3.63) is 60.8 Å². The number of esters is 2. The summed E-state index contributed by atoms with van der Waals surface area (Å²) in [5.74, 6) is -2.41. The van der Waals surface area contributed by atoms with E-state index in [2.05, 4.69) is 62.5 Å². The monoisotopic (exact) mass is 760 g/mol. The van der Waals surface area contributed by atoms with Crippen LogP contribution in [0.1, 0.15) is 149 Å². The molecule has 2 unspecified atom stereocenters. The van der Waals surface area contributed by atoms with Crippen LogP contribution < -0.4 is 5.11 Å². The molecule has 0 radical (unpaired) electrons. The number of hydrogen-bond acceptors (Lipinski definition) is 8. The highest BCUT2D eigenvalue weighted by atomic mass is 16.7. The van der Waals surface area contributed by atoms with Crippen molar-refractivity contribution in [3.63, 3.8) is 0 Å². The van der Waals surface area contributed by atoms with Crippen LogP contribution >= 0.6 is 0 Å². The molecule has 54 heavy (non-hydrogen) atoms. The van der Waals surface area contributed by atoms with Gasteiger partial charge in [-0.05, 0) is 64.2 Å². The largest absolute Gasteiger partial charge is 0.545 e. The van der Waals surface area contributed by atoms with Crippen molar-refractivity contribution in [2.24, 2.45) is 0 Å². The van der Waals surface area contributed by atoms with Crippen molar-refractivity contribution in [3.8, 4) is 0 Å². The van der Waals surface area contributed by atoms with Gasteiger partial charge >= 0.3 is 11.9 Å². The van der Waals surface area contributed by atoms with E-state index in [1.807, 2.05) is 33.3 Å². The molecule has 0 rings (SSSR count). The molecule has 0 aromatic heterocycles. The Kier molecular flexibility index (Phi) is 34.9. The third kappa shape index (κ3) is 37.3. The van der Waals surface area contributed by atoms with Crippen LogP contribution in [0.25, 0.3) is 0 Å². The first-order valence-electron chi connectivity index (χ1n) is 20.9. The fraction of sp³-hybridized carbons (Fsp3) is 0.711. The zero-order valence-corrected chi connectivity index (χ0v) is 34.8. The van der Waals surface area contributed by atoms with Gasteiger partial charge in [0, 0.05) is 12.8 Å². The van der Waals surface area contributed by atoms with Gasteiger partial charge in [-0.25, -0.2) is 0 Å². The minimum Gasteiger partial charge on any atom is -0.545 e. The zero-order valence-electron chi connectivity index (χ0n) is 34.8. The third-order valence-electron chi connectivity index (χ3n) is 8.51. The van der Waals surface area contributed by atoms with Crippen LogP contribution in [-0.2, 0) is 33.3 Å². The molecular formula is C45H77NO8.